The molecule has 0 radical (unpaired) electrons. The Morgan fingerprint density at radius 1 is 1.20 bits per heavy atom. The highest BCUT2D eigenvalue weighted by Crippen LogP contribution is 2.48. The molecule has 0 aliphatic heterocycles. The summed E-state index contributed by atoms with van der Waals surface area (Å²) >= 11 is 0. The van der Waals surface area contributed by atoms with Gasteiger partial charge in [-0.25, -0.2) is 0 Å². The van der Waals surface area contributed by atoms with E-state index in [1.54, 1.807) is 13.8 Å². The predicted molar refractivity (Wildman–Crippen MR) is 54.1 cm³/mol. The molecule has 1 aliphatic carbocycles. The molecular weight excluding hydrogens is 196 g/mol. The molecular formula is C11H18O4. The third kappa shape index (κ3) is 1.85. The molecule has 0 aromatic rings. The van der Waals surface area contributed by atoms with Gasteiger partial charge in [0.15, 0.2) is 5.41 Å². The van der Waals surface area contributed by atoms with E-state index < -0.39 is 17.4 Å². The number of carbonyl (C=O) groups excluding carboxylic acids is 2. The van der Waals surface area contributed by atoms with Crippen molar-refractivity contribution in [3.63, 3.8) is 0 Å². The van der Waals surface area contributed by atoms with Crippen LogP contribution in [0.2, 0.25) is 0 Å². The summed E-state index contributed by atoms with van der Waals surface area (Å²) in [6, 6.07) is 0. The summed E-state index contributed by atoms with van der Waals surface area (Å²) in [6.45, 7) is 5.96. The topological polar surface area (TPSA) is 52.6 Å². The van der Waals surface area contributed by atoms with E-state index in [1.807, 2.05) is 6.92 Å². The normalized spacial score (nSPS) is 22.7. The van der Waals surface area contributed by atoms with Crippen LogP contribution in [0.4, 0.5) is 0 Å². The molecule has 0 N–H and O–H groups in total. The van der Waals surface area contributed by atoms with Gasteiger partial charge >= 0.3 is 11.9 Å². The molecule has 1 unspecified atom stereocenters. The molecule has 1 fully saturated rings. The zero-order chi connectivity index (χ0) is 11.5. The van der Waals surface area contributed by atoms with Crippen molar-refractivity contribution in [2.45, 2.75) is 33.6 Å². The summed E-state index contributed by atoms with van der Waals surface area (Å²) in [5, 5.41) is 0. The summed E-state index contributed by atoms with van der Waals surface area (Å²) in [5.41, 5.74) is -1.02. The maximum absolute atomic E-state index is 11.8. The minimum absolute atomic E-state index is 0.0237. The van der Waals surface area contributed by atoms with Crippen LogP contribution in [0.15, 0.2) is 0 Å². The number of rotatable bonds is 4. The van der Waals surface area contributed by atoms with Crippen LogP contribution in [-0.2, 0) is 19.1 Å². The summed E-state index contributed by atoms with van der Waals surface area (Å²) in [7, 11) is 0. The molecule has 1 atom stereocenters. The van der Waals surface area contributed by atoms with Crippen molar-refractivity contribution in [3.05, 3.63) is 0 Å². The molecule has 0 heterocycles. The molecule has 0 spiro atoms. The molecule has 0 bridgehead atoms. The Hall–Kier alpha value is -1.06. The summed E-state index contributed by atoms with van der Waals surface area (Å²) in [6.07, 6.45) is 1.42. The minimum atomic E-state index is -1.02. The first kappa shape index (κ1) is 12.0. The first-order chi connectivity index (χ1) is 7.09. The molecule has 1 rings (SSSR count). The van der Waals surface area contributed by atoms with Gasteiger partial charge in [-0.05, 0) is 32.6 Å². The van der Waals surface area contributed by atoms with Crippen LogP contribution < -0.4 is 0 Å². The van der Waals surface area contributed by atoms with Gasteiger partial charge in [-0.1, -0.05) is 6.92 Å². The third-order valence-electron chi connectivity index (χ3n) is 3.09. The highest BCUT2D eigenvalue weighted by atomic mass is 16.6. The molecule has 0 saturated heterocycles. The lowest BCUT2D eigenvalue weighted by Gasteiger charge is -2.42. The third-order valence-corrected chi connectivity index (χ3v) is 3.09. The van der Waals surface area contributed by atoms with E-state index >= 15 is 0 Å². The van der Waals surface area contributed by atoms with Gasteiger partial charge in [-0.15, -0.1) is 0 Å². The quantitative estimate of drug-likeness (QED) is 0.526. The van der Waals surface area contributed by atoms with Gasteiger partial charge < -0.3 is 9.47 Å². The maximum atomic E-state index is 11.8. The lowest BCUT2D eigenvalue weighted by molar-refractivity contribution is -0.185. The van der Waals surface area contributed by atoms with Crippen LogP contribution in [0.1, 0.15) is 33.6 Å². The second-order valence-corrected chi connectivity index (χ2v) is 3.85. The summed E-state index contributed by atoms with van der Waals surface area (Å²) in [4.78, 5) is 23.5. The molecule has 0 aromatic heterocycles. The van der Waals surface area contributed by atoms with Gasteiger partial charge in [0.25, 0.3) is 0 Å². The standard InChI is InChI=1S/C11H18O4/c1-4-14-9(12)11(7-6-8(11)3)10(13)15-5-2/h8H,4-7H2,1-3H3. The lowest BCUT2D eigenvalue weighted by atomic mass is 9.60. The number of ether oxygens (including phenoxy) is 2. The fourth-order valence-electron chi connectivity index (χ4n) is 1.93. The van der Waals surface area contributed by atoms with E-state index in [0.717, 1.165) is 6.42 Å². The van der Waals surface area contributed by atoms with Crippen LogP contribution in [0.25, 0.3) is 0 Å². The largest absolute Gasteiger partial charge is 0.465 e. The SMILES string of the molecule is CCOC(=O)C1(C(=O)OCC)CCC1C. The van der Waals surface area contributed by atoms with Crippen molar-refractivity contribution in [2.24, 2.45) is 11.3 Å². The first-order valence-electron chi connectivity index (χ1n) is 5.44. The van der Waals surface area contributed by atoms with E-state index in [1.165, 1.54) is 0 Å². The van der Waals surface area contributed by atoms with Crippen molar-refractivity contribution >= 4 is 11.9 Å². The lowest BCUT2D eigenvalue weighted by Crippen LogP contribution is -2.53. The van der Waals surface area contributed by atoms with Crippen molar-refractivity contribution in [1.82, 2.24) is 0 Å². The molecule has 0 aromatic carbocycles. The van der Waals surface area contributed by atoms with Crippen molar-refractivity contribution in [1.29, 1.82) is 0 Å². The molecule has 15 heavy (non-hydrogen) atoms. The molecule has 1 aliphatic rings. The van der Waals surface area contributed by atoms with Gasteiger partial charge in [0, 0.05) is 0 Å². The monoisotopic (exact) mass is 214 g/mol. The number of esters is 2. The predicted octanol–water partition coefficient (Wildman–Crippen LogP) is 1.53. The van der Waals surface area contributed by atoms with E-state index in [9.17, 15) is 9.59 Å². The Morgan fingerprint density at radius 3 is 1.87 bits per heavy atom. The number of hydrogen-bond donors (Lipinski definition) is 0. The molecule has 4 nitrogen and oxygen atoms in total. The van der Waals surface area contributed by atoms with Crippen LogP contribution in [-0.4, -0.2) is 25.2 Å². The van der Waals surface area contributed by atoms with E-state index in [2.05, 4.69) is 0 Å². The molecule has 4 heteroatoms. The van der Waals surface area contributed by atoms with Crippen molar-refractivity contribution in [3.8, 4) is 0 Å². The van der Waals surface area contributed by atoms with Crippen LogP contribution in [0, 0.1) is 11.3 Å². The van der Waals surface area contributed by atoms with Gasteiger partial charge in [-0.3, -0.25) is 9.59 Å². The fraction of sp³-hybridized carbons (Fsp3) is 0.818. The number of hydrogen-bond acceptors (Lipinski definition) is 4. The molecule has 1 saturated carbocycles. The average molecular weight is 214 g/mol. The van der Waals surface area contributed by atoms with E-state index in [-0.39, 0.29) is 5.92 Å². The first-order valence-corrected chi connectivity index (χ1v) is 5.44. The average Bonchev–Trinajstić information content (AvgIpc) is 2.17. The van der Waals surface area contributed by atoms with Gasteiger partial charge in [0.1, 0.15) is 0 Å². The van der Waals surface area contributed by atoms with Gasteiger partial charge in [0.2, 0.25) is 0 Å². The van der Waals surface area contributed by atoms with Crippen molar-refractivity contribution < 1.29 is 19.1 Å². The maximum Gasteiger partial charge on any atom is 0.323 e. The summed E-state index contributed by atoms with van der Waals surface area (Å²) in [5.74, 6) is -0.833. The molecule has 0 amide bonds. The Bertz CT molecular complexity index is 241. The van der Waals surface area contributed by atoms with Gasteiger partial charge in [0.05, 0.1) is 13.2 Å². The zero-order valence-electron chi connectivity index (χ0n) is 9.54. The van der Waals surface area contributed by atoms with E-state index in [0.29, 0.717) is 19.6 Å². The van der Waals surface area contributed by atoms with Gasteiger partial charge in [-0.2, -0.15) is 0 Å². The second-order valence-electron chi connectivity index (χ2n) is 3.85. The van der Waals surface area contributed by atoms with Crippen LogP contribution in [0.3, 0.4) is 0 Å². The highest BCUT2D eigenvalue weighted by molar-refractivity contribution is 6.01. The smallest absolute Gasteiger partial charge is 0.323 e. The van der Waals surface area contributed by atoms with Crippen LogP contribution >= 0.6 is 0 Å². The second kappa shape index (κ2) is 4.64. The Balaban J connectivity index is 2.79. The zero-order valence-corrected chi connectivity index (χ0v) is 9.54. The fourth-order valence-corrected chi connectivity index (χ4v) is 1.93. The Morgan fingerprint density at radius 2 is 1.67 bits per heavy atom. The summed E-state index contributed by atoms with van der Waals surface area (Å²) < 4.78 is 9.89. The Labute approximate surface area is 89.9 Å². The minimum Gasteiger partial charge on any atom is -0.465 e. The number of carbonyl (C=O) groups is 2. The van der Waals surface area contributed by atoms with E-state index in [4.69, 9.17) is 9.47 Å². The Kier molecular flexibility index (Phi) is 3.72. The molecule has 86 valence electrons. The highest BCUT2D eigenvalue weighted by Gasteiger charge is 2.58. The van der Waals surface area contributed by atoms with Crippen molar-refractivity contribution in [2.75, 3.05) is 13.2 Å². The van der Waals surface area contributed by atoms with Crippen LogP contribution in [0.5, 0.6) is 0 Å².